The van der Waals surface area contributed by atoms with Gasteiger partial charge in [0.25, 0.3) is 11.1 Å². The summed E-state index contributed by atoms with van der Waals surface area (Å²) in [5.74, 6) is 2.11. The van der Waals surface area contributed by atoms with Gasteiger partial charge in [-0.1, -0.05) is 24.8 Å². The lowest BCUT2D eigenvalue weighted by molar-refractivity contribution is 0.466. The van der Waals surface area contributed by atoms with Crippen LogP contribution >= 0.6 is 23.1 Å². The zero-order valence-electron chi connectivity index (χ0n) is 14.4. The molecule has 0 aliphatic heterocycles. The van der Waals surface area contributed by atoms with Crippen LogP contribution < -0.4 is 0 Å². The number of aromatic nitrogens is 4. The molecule has 132 valence electrons. The number of hydrogen-bond acceptors (Lipinski definition) is 6. The first-order chi connectivity index (χ1) is 12.7. The standard InChI is InChI=1S/C19H18N4OS2/c1-12-5-6-15-13(8-12)9-16(26-15)18-21-22-19(24-18)25-11-14-10-23-7-3-2-4-17(23)20-14/h2-4,7,9-10,12H,5-6,8,11H2,1H3. The smallest absolute Gasteiger partial charge is 0.277 e. The van der Waals surface area contributed by atoms with E-state index in [0.717, 1.165) is 28.6 Å². The van der Waals surface area contributed by atoms with Gasteiger partial charge in [0, 0.05) is 23.0 Å². The van der Waals surface area contributed by atoms with Gasteiger partial charge in [-0.2, -0.15) is 0 Å². The Kier molecular flexibility index (Phi) is 4.05. The number of imidazole rings is 1. The van der Waals surface area contributed by atoms with Crippen molar-refractivity contribution in [2.24, 2.45) is 5.92 Å². The molecule has 5 rings (SSSR count). The third-order valence-electron chi connectivity index (χ3n) is 4.70. The van der Waals surface area contributed by atoms with Crippen LogP contribution in [0.5, 0.6) is 0 Å². The number of rotatable bonds is 4. The highest BCUT2D eigenvalue weighted by molar-refractivity contribution is 7.98. The first-order valence-electron chi connectivity index (χ1n) is 8.75. The Hall–Kier alpha value is -2.12. The molecule has 0 bridgehead atoms. The van der Waals surface area contributed by atoms with Crippen LogP contribution in [0.4, 0.5) is 0 Å². The second-order valence-electron chi connectivity index (χ2n) is 6.77. The molecule has 0 aromatic carbocycles. The van der Waals surface area contributed by atoms with Crippen LogP contribution in [-0.4, -0.2) is 19.6 Å². The van der Waals surface area contributed by atoms with Crippen LogP contribution in [0.25, 0.3) is 16.4 Å². The lowest BCUT2D eigenvalue weighted by Crippen LogP contribution is -2.07. The third kappa shape index (κ3) is 3.05. The molecule has 1 atom stereocenters. The summed E-state index contributed by atoms with van der Waals surface area (Å²) in [5.41, 5.74) is 3.41. The highest BCUT2D eigenvalue weighted by Gasteiger charge is 2.21. The number of aryl methyl sites for hydroxylation is 1. The van der Waals surface area contributed by atoms with E-state index in [1.807, 2.05) is 35.0 Å². The Morgan fingerprint density at radius 3 is 3.23 bits per heavy atom. The molecule has 0 amide bonds. The lowest BCUT2D eigenvalue weighted by Gasteiger charge is -2.16. The van der Waals surface area contributed by atoms with E-state index in [1.165, 1.54) is 35.0 Å². The summed E-state index contributed by atoms with van der Waals surface area (Å²) in [6.07, 6.45) is 7.64. The minimum absolute atomic E-state index is 0.594. The Morgan fingerprint density at radius 1 is 1.35 bits per heavy atom. The van der Waals surface area contributed by atoms with E-state index >= 15 is 0 Å². The van der Waals surface area contributed by atoms with Crippen LogP contribution in [0.15, 0.2) is 46.3 Å². The maximum absolute atomic E-state index is 5.89. The summed E-state index contributed by atoms with van der Waals surface area (Å²) >= 11 is 3.33. The molecular weight excluding hydrogens is 364 g/mol. The van der Waals surface area contributed by atoms with Crippen LogP contribution in [-0.2, 0) is 18.6 Å². The Morgan fingerprint density at radius 2 is 2.31 bits per heavy atom. The summed E-state index contributed by atoms with van der Waals surface area (Å²) in [4.78, 5) is 7.17. The Balaban J connectivity index is 1.31. The fourth-order valence-corrected chi connectivity index (χ4v) is 5.15. The largest absolute Gasteiger partial charge is 0.410 e. The Bertz CT molecular complexity index is 1030. The van der Waals surface area contributed by atoms with Gasteiger partial charge in [0.05, 0.1) is 10.6 Å². The Labute approximate surface area is 159 Å². The van der Waals surface area contributed by atoms with E-state index in [0.29, 0.717) is 16.9 Å². The second-order valence-corrected chi connectivity index (χ2v) is 8.83. The molecule has 5 nitrogen and oxygen atoms in total. The number of pyridine rings is 1. The maximum Gasteiger partial charge on any atom is 0.277 e. The normalized spacial score (nSPS) is 16.9. The summed E-state index contributed by atoms with van der Waals surface area (Å²) < 4.78 is 7.91. The van der Waals surface area contributed by atoms with Gasteiger partial charge in [0.1, 0.15) is 5.65 Å². The fraction of sp³-hybridized carbons (Fsp3) is 0.316. The summed E-state index contributed by atoms with van der Waals surface area (Å²) in [6, 6.07) is 8.22. The van der Waals surface area contributed by atoms with Gasteiger partial charge < -0.3 is 8.82 Å². The van der Waals surface area contributed by atoms with E-state index in [-0.39, 0.29) is 0 Å². The van der Waals surface area contributed by atoms with Crippen molar-refractivity contribution in [2.45, 2.75) is 37.2 Å². The van der Waals surface area contributed by atoms with Crippen molar-refractivity contribution in [3.63, 3.8) is 0 Å². The van der Waals surface area contributed by atoms with E-state index in [9.17, 15) is 0 Å². The molecule has 0 radical (unpaired) electrons. The fourth-order valence-electron chi connectivity index (χ4n) is 3.37. The molecule has 0 saturated heterocycles. The molecule has 0 saturated carbocycles. The van der Waals surface area contributed by atoms with Crippen molar-refractivity contribution in [3.05, 3.63) is 52.8 Å². The quantitative estimate of drug-likeness (QED) is 0.472. The molecule has 1 aliphatic rings. The molecule has 4 aromatic heterocycles. The van der Waals surface area contributed by atoms with Crippen molar-refractivity contribution < 1.29 is 4.42 Å². The molecule has 4 heterocycles. The van der Waals surface area contributed by atoms with E-state index < -0.39 is 0 Å². The van der Waals surface area contributed by atoms with E-state index in [1.54, 1.807) is 11.3 Å². The summed E-state index contributed by atoms with van der Waals surface area (Å²) in [6.45, 7) is 2.32. The van der Waals surface area contributed by atoms with Gasteiger partial charge in [-0.15, -0.1) is 21.5 Å². The minimum Gasteiger partial charge on any atom is -0.410 e. The van der Waals surface area contributed by atoms with Crippen molar-refractivity contribution in [1.29, 1.82) is 0 Å². The topological polar surface area (TPSA) is 56.2 Å². The highest BCUT2D eigenvalue weighted by Crippen LogP contribution is 2.37. The molecular formula is C19H18N4OS2. The number of nitrogens with zero attached hydrogens (tertiary/aromatic N) is 4. The van der Waals surface area contributed by atoms with Crippen LogP contribution in [0.1, 0.15) is 29.5 Å². The van der Waals surface area contributed by atoms with Crippen LogP contribution in [0, 0.1) is 5.92 Å². The van der Waals surface area contributed by atoms with Gasteiger partial charge in [-0.25, -0.2) is 4.98 Å². The van der Waals surface area contributed by atoms with E-state index in [4.69, 9.17) is 4.42 Å². The zero-order valence-corrected chi connectivity index (χ0v) is 16.0. The van der Waals surface area contributed by atoms with Crippen molar-refractivity contribution in [1.82, 2.24) is 19.6 Å². The average molecular weight is 383 g/mol. The molecule has 4 aromatic rings. The van der Waals surface area contributed by atoms with Crippen LogP contribution in [0.3, 0.4) is 0 Å². The van der Waals surface area contributed by atoms with Crippen molar-refractivity contribution >= 4 is 28.7 Å². The monoisotopic (exact) mass is 382 g/mol. The molecule has 26 heavy (non-hydrogen) atoms. The van der Waals surface area contributed by atoms with Crippen LogP contribution in [0.2, 0.25) is 0 Å². The van der Waals surface area contributed by atoms with Gasteiger partial charge >= 0.3 is 0 Å². The third-order valence-corrected chi connectivity index (χ3v) is 6.78. The molecule has 7 heteroatoms. The lowest BCUT2D eigenvalue weighted by atomic mass is 9.90. The summed E-state index contributed by atoms with van der Waals surface area (Å²) in [5, 5.41) is 9.05. The average Bonchev–Trinajstić information content (AvgIpc) is 3.36. The minimum atomic E-state index is 0.594. The SMILES string of the molecule is CC1CCc2sc(-c3nnc(SCc4cn5ccccc5n4)o3)cc2C1. The molecule has 0 fully saturated rings. The first kappa shape index (κ1) is 16.1. The number of fused-ring (bicyclic) bond motifs is 2. The number of thiophene rings is 1. The van der Waals surface area contributed by atoms with E-state index in [2.05, 4.69) is 28.2 Å². The maximum atomic E-state index is 5.89. The molecule has 0 N–H and O–H groups in total. The molecule has 1 unspecified atom stereocenters. The first-order valence-corrected chi connectivity index (χ1v) is 10.6. The number of hydrogen-bond donors (Lipinski definition) is 0. The highest BCUT2D eigenvalue weighted by atomic mass is 32.2. The van der Waals surface area contributed by atoms with Gasteiger partial charge in [-0.05, 0) is 48.9 Å². The molecule has 0 spiro atoms. The van der Waals surface area contributed by atoms with Crippen molar-refractivity contribution in [3.8, 4) is 10.8 Å². The molecule has 1 aliphatic carbocycles. The van der Waals surface area contributed by atoms with Gasteiger partial charge in [0.2, 0.25) is 0 Å². The van der Waals surface area contributed by atoms with Crippen molar-refractivity contribution in [2.75, 3.05) is 0 Å². The zero-order chi connectivity index (χ0) is 17.5. The predicted octanol–water partition coefficient (Wildman–Crippen LogP) is 4.86. The van der Waals surface area contributed by atoms with Gasteiger partial charge in [0.15, 0.2) is 0 Å². The van der Waals surface area contributed by atoms with Gasteiger partial charge in [-0.3, -0.25) is 0 Å². The number of thioether (sulfide) groups is 1. The second kappa shape index (κ2) is 6.55. The summed E-state index contributed by atoms with van der Waals surface area (Å²) in [7, 11) is 0. The predicted molar refractivity (Wildman–Crippen MR) is 104 cm³/mol.